The van der Waals surface area contributed by atoms with E-state index in [0.29, 0.717) is 19.0 Å². The van der Waals surface area contributed by atoms with Crippen molar-refractivity contribution in [3.63, 3.8) is 0 Å². The number of carboxylic acid groups (broad SMARTS) is 1. The molecule has 0 saturated carbocycles. The number of likely N-dealkylation sites (tertiary alicyclic amines) is 1. The van der Waals surface area contributed by atoms with Gasteiger partial charge < -0.3 is 10.8 Å². The lowest BCUT2D eigenvalue weighted by Crippen LogP contribution is -2.50. The van der Waals surface area contributed by atoms with Gasteiger partial charge in [-0.15, -0.1) is 11.3 Å². The first kappa shape index (κ1) is 12.1. The van der Waals surface area contributed by atoms with Crippen LogP contribution in [0.5, 0.6) is 0 Å². The monoisotopic (exact) mass is 266 g/mol. The highest BCUT2D eigenvalue weighted by molar-refractivity contribution is 7.10. The summed E-state index contributed by atoms with van der Waals surface area (Å²) < 4.78 is 0. The van der Waals surface area contributed by atoms with Gasteiger partial charge in [-0.2, -0.15) is 0 Å². The maximum Gasteiger partial charge on any atom is 0.325 e. The summed E-state index contributed by atoms with van der Waals surface area (Å²) in [6, 6.07) is 2.57. The topological polar surface area (TPSA) is 66.6 Å². The van der Waals surface area contributed by atoms with E-state index in [-0.39, 0.29) is 0 Å². The average Bonchev–Trinajstić information content (AvgIpc) is 2.95. The summed E-state index contributed by atoms with van der Waals surface area (Å²) in [5, 5.41) is 11.3. The van der Waals surface area contributed by atoms with Gasteiger partial charge in [-0.05, 0) is 42.7 Å². The number of nitrogens with zero attached hydrogens (tertiary/aromatic N) is 1. The van der Waals surface area contributed by atoms with Crippen molar-refractivity contribution in [2.24, 2.45) is 5.73 Å². The molecule has 0 bridgehead atoms. The lowest BCUT2D eigenvalue weighted by atomic mass is 9.93. The smallest absolute Gasteiger partial charge is 0.325 e. The fraction of sp³-hybridized carbons (Fsp3) is 0.615. The van der Waals surface area contributed by atoms with Gasteiger partial charge in [0.05, 0.1) is 0 Å². The zero-order valence-electron chi connectivity index (χ0n) is 10.3. The number of nitrogens with two attached hydrogens (primary N) is 1. The Bertz CT molecular complexity index is 473. The van der Waals surface area contributed by atoms with E-state index in [1.54, 1.807) is 0 Å². The number of carbonyl (C=O) groups is 1. The van der Waals surface area contributed by atoms with Gasteiger partial charge in [0.25, 0.3) is 0 Å². The molecule has 4 nitrogen and oxygen atoms in total. The van der Waals surface area contributed by atoms with Gasteiger partial charge in [0.2, 0.25) is 0 Å². The number of hydrogen-bond acceptors (Lipinski definition) is 4. The van der Waals surface area contributed by atoms with Crippen LogP contribution in [0.3, 0.4) is 0 Å². The van der Waals surface area contributed by atoms with Gasteiger partial charge >= 0.3 is 5.97 Å². The minimum absolute atomic E-state index is 0.379. The predicted molar refractivity (Wildman–Crippen MR) is 70.7 cm³/mol. The standard InChI is InChI=1S/C13H18N2O2S/c14-13(12(16)17)5-6-15(8-13)10-2-1-3-11-9(10)4-7-18-11/h4,7,10H,1-3,5-6,8,14H2,(H,16,17). The lowest BCUT2D eigenvalue weighted by molar-refractivity contribution is -0.142. The van der Waals surface area contributed by atoms with Crippen LogP contribution in [-0.2, 0) is 11.2 Å². The van der Waals surface area contributed by atoms with Gasteiger partial charge in [-0.3, -0.25) is 9.69 Å². The highest BCUT2D eigenvalue weighted by Crippen LogP contribution is 2.39. The number of rotatable bonds is 2. The molecule has 5 heteroatoms. The molecule has 0 radical (unpaired) electrons. The summed E-state index contributed by atoms with van der Waals surface area (Å²) in [5.74, 6) is -0.869. The summed E-state index contributed by atoms with van der Waals surface area (Å²) in [6.45, 7) is 1.27. The summed E-state index contributed by atoms with van der Waals surface area (Å²) in [4.78, 5) is 14.9. The number of aryl methyl sites for hydroxylation is 1. The van der Waals surface area contributed by atoms with Crippen molar-refractivity contribution in [1.29, 1.82) is 0 Å². The van der Waals surface area contributed by atoms with Crippen LogP contribution in [0.15, 0.2) is 11.4 Å². The summed E-state index contributed by atoms with van der Waals surface area (Å²) in [6.07, 6.45) is 4.04. The van der Waals surface area contributed by atoms with Crippen LogP contribution >= 0.6 is 11.3 Å². The van der Waals surface area contributed by atoms with E-state index < -0.39 is 11.5 Å². The molecule has 1 fully saturated rings. The Morgan fingerprint density at radius 2 is 2.44 bits per heavy atom. The molecule has 2 aliphatic rings. The first-order valence-electron chi connectivity index (χ1n) is 6.43. The van der Waals surface area contributed by atoms with E-state index in [0.717, 1.165) is 13.0 Å². The second-order valence-electron chi connectivity index (χ2n) is 5.39. The third-order valence-electron chi connectivity index (χ3n) is 4.22. The average molecular weight is 266 g/mol. The molecule has 1 aromatic heterocycles. The van der Waals surface area contributed by atoms with E-state index in [9.17, 15) is 9.90 Å². The van der Waals surface area contributed by atoms with Crippen molar-refractivity contribution in [2.75, 3.05) is 13.1 Å². The van der Waals surface area contributed by atoms with E-state index in [1.165, 1.54) is 23.3 Å². The molecule has 1 saturated heterocycles. The van der Waals surface area contributed by atoms with Crippen molar-refractivity contribution < 1.29 is 9.90 Å². The zero-order valence-corrected chi connectivity index (χ0v) is 11.1. The SMILES string of the molecule is NC1(C(=O)O)CCN(C2CCCc3sccc32)C1. The lowest BCUT2D eigenvalue weighted by Gasteiger charge is -2.32. The number of carboxylic acids is 1. The molecule has 98 valence electrons. The first-order valence-corrected chi connectivity index (χ1v) is 7.31. The minimum atomic E-state index is -1.05. The fourth-order valence-corrected chi connectivity index (χ4v) is 4.13. The van der Waals surface area contributed by atoms with E-state index >= 15 is 0 Å². The molecule has 18 heavy (non-hydrogen) atoms. The Kier molecular flexibility index (Phi) is 2.92. The van der Waals surface area contributed by atoms with Gasteiger partial charge in [0, 0.05) is 24.0 Å². The quantitative estimate of drug-likeness (QED) is 0.853. The number of fused-ring (bicyclic) bond motifs is 1. The molecule has 0 amide bonds. The normalized spacial score (nSPS) is 32.4. The predicted octanol–water partition coefficient (Wildman–Crippen LogP) is 1.61. The second kappa shape index (κ2) is 4.33. The van der Waals surface area contributed by atoms with Crippen LogP contribution < -0.4 is 5.73 Å². The largest absolute Gasteiger partial charge is 0.480 e. The van der Waals surface area contributed by atoms with Crippen molar-refractivity contribution in [3.05, 3.63) is 21.9 Å². The molecular weight excluding hydrogens is 248 g/mol. The third kappa shape index (κ3) is 1.86. The van der Waals surface area contributed by atoms with Crippen LogP contribution in [0.2, 0.25) is 0 Å². The Morgan fingerprint density at radius 1 is 1.61 bits per heavy atom. The zero-order chi connectivity index (χ0) is 12.8. The molecule has 1 aliphatic carbocycles. The highest BCUT2D eigenvalue weighted by Gasteiger charge is 2.44. The molecule has 2 heterocycles. The third-order valence-corrected chi connectivity index (χ3v) is 5.21. The van der Waals surface area contributed by atoms with Crippen molar-refractivity contribution >= 4 is 17.3 Å². The highest BCUT2D eigenvalue weighted by atomic mass is 32.1. The molecular formula is C13H18N2O2S. The van der Waals surface area contributed by atoms with Crippen molar-refractivity contribution in [1.82, 2.24) is 4.90 Å². The minimum Gasteiger partial charge on any atom is -0.480 e. The summed E-state index contributed by atoms with van der Waals surface area (Å²) in [5.41, 5.74) is 6.31. The maximum atomic E-state index is 11.2. The van der Waals surface area contributed by atoms with E-state index in [2.05, 4.69) is 16.3 Å². The number of aliphatic carboxylic acids is 1. The van der Waals surface area contributed by atoms with Gasteiger partial charge in [-0.25, -0.2) is 0 Å². The molecule has 1 aliphatic heterocycles. The van der Waals surface area contributed by atoms with Gasteiger partial charge in [-0.1, -0.05) is 0 Å². The van der Waals surface area contributed by atoms with Crippen LogP contribution in [-0.4, -0.2) is 34.6 Å². The van der Waals surface area contributed by atoms with Gasteiger partial charge in [0.1, 0.15) is 5.54 Å². The summed E-state index contributed by atoms with van der Waals surface area (Å²) >= 11 is 1.82. The number of thiophene rings is 1. The Hall–Kier alpha value is -0.910. The van der Waals surface area contributed by atoms with Crippen LogP contribution in [0, 0.1) is 0 Å². The fourth-order valence-electron chi connectivity index (χ4n) is 3.15. The van der Waals surface area contributed by atoms with Gasteiger partial charge in [0.15, 0.2) is 0 Å². The molecule has 3 N–H and O–H groups in total. The van der Waals surface area contributed by atoms with Crippen LogP contribution in [0.25, 0.3) is 0 Å². The van der Waals surface area contributed by atoms with Crippen LogP contribution in [0.4, 0.5) is 0 Å². The number of hydrogen-bond donors (Lipinski definition) is 2. The molecule has 1 aromatic rings. The maximum absolute atomic E-state index is 11.2. The van der Waals surface area contributed by atoms with E-state index in [1.807, 2.05) is 11.3 Å². The molecule has 0 aromatic carbocycles. The first-order chi connectivity index (χ1) is 8.60. The molecule has 2 unspecified atom stereocenters. The molecule has 0 spiro atoms. The molecule has 2 atom stereocenters. The van der Waals surface area contributed by atoms with Crippen molar-refractivity contribution in [2.45, 2.75) is 37.3 Å². The van der Waals surface area contributed by atoms with Crippen LogP contribution in [0.1, 0.15) is 35.7 Å². The Labute approximate surface area is 110 Å². The van der Waals surface area contributed by atoms with Crippen molar-refractivity contribution in [3.8, 4) is 0 Å². The summed E-state index contributed by atoms with van der Waals surface area (Å²) in [7, 11) is 0. The second-order valence-corrected chi connectivity index (χ2v) is 6.39. The Morgan fingerprint density at radius 3 is 3.17 bits per heavy atom. The van der Waals surface area contributed by atoms with E-state index in [4.69, 9.17) is 5.73 Å². The molecule has 3 rings (SSSR count). The Balaban J connectivity index is 1.81.